The van der Waals surface area contributed by atoms with Gasteiger partial charge in [0.25, 0.3) is 5.91 Å². The summed E-state index contributed by atoms with van der Waals surface area (Å²) in [5, 5.41) is 12.0. The molecule has 0 bridgehead atoms. The predicted molar refractivity (Wildman–Crippen MR) is 100 cm³/mol. The average molecular weight is 375 g/mol. The average Bonchev–Trinajstić information content (AvgIpc) is 2.98. The lowest BCUT2D eigenvalue weighted by Crippen LogP contribution is -2.37. The molecule has 1 fully saturated rings. The summed E-state index contributed by atoms with van der Waals surface area (Å²) in [4.78, 5) is 36.0. The Morgan fingerprint density at radius 1 is 1.19 bits per heavy atom. The molecule has 1 aromatic rings. The number of nitrogens with one attached hydrogen (secondary N) is 1. The molecule has 2 aliphatic rings. The van der Waals surface area contributed by atoms with Gasteiger partial charge in [-0.25, -0.2) is 0 Å². The van der Waals surface area contributed by atoms with Crippen molar-refractivity contribution in [2.24, 2.45) is 5.92 Å². The number of aryl methyl sites for hydroxylation is 1. The van der Waals surface area contributed by atoms with Gasteiger partial charge in [0, 0.05) is 30.9 Å². The fourth-order valence-corrected chi connectivity index (χ4v) is 4.49. The largest absolute Gasteiger partial charge is 0.481 e. The molecule has 0 saturated heterocycles. The highest BCUT2D eigenvalue weighted by atomic mass is 16.4. The van der Waals surface area contributed by atoms with Crippen molar-refractivity contribution in [1.29, 1.82) is 0 Å². The van der Waals surface area contributed by atoms with E-state index in [0.717, 1.165) is 25.7 Å². The first kappa shape index (κ1) is 19.6. The van der Waals surface area contributed by atoms with Gasteiger partial charge in [-0.15, -0.1) is 0 Å². The maximum atomic E-state index is 12.8. The summed E-state index contributed by atoms with van der Waals surface area (Å²) in [5.74, 6) is 0.211. The summed E-state index contributed by atoms with van der Waals surface area (Å²) < 4.78 is 5.74. The van der Waals surface area contributed by atoms with Gasteiger partial charge < -0.3 is 14.8 Å². The van der Waals surface area contributed by atoms with Crippen molar-refractivity contribution in [2.75, 3.05) is 0 Å². The number of hydrogen-bond acceptors (Lipinski definition) is 4. The summed E-state index contributed by atoms with van der Waals surface area (Å²) in [6.45, 7) is 1.76. The number of carboxylic acid groups (broad SMARTS) is 1. The molecule has 6 heteroatoms. The van der Waals surface area contributed by atoms with Crippen LogP contribution in [0.3, 0.4) is 0 Å². The minimum atomic E-state index is -0.854. The fraction of sp³-hybridized carbons (Fsp3) is 0.667. The van der Waals surface area contributed by atoms with Gasteiger partial charge in [0.05, 0.1) is 5.56 Å². The molecule has 2 aliphatic carbocycles. The van der Waals surface area contributed by atoms with E-state index in [2.05, 4.69) is 5.32 Å². The predicted octanol–water partition coefficient (Wildman–Crippen LogP) is 4.04. The number of aliphatic carboxylic acids is 1. The Morgan fingerprint density at radius 2 is 1.93 bits per heavy atom. The molecular weight excluding hydrogens is 346 g/mol. The smallest absolute Gasteiger partial charge is 0.303 e. The van der Waals surface area contributed by atoms with Crippen molar-refractivity contribution < 1.29 is 23.9 Å². The van der Waals surface area contributed by atoms with Gasteiger partial charge in [0.15, 0.2) is 11.5 Å². The normalized spacial score (nSPS) is 18.8. The molecule has 27 heavy (non-hydrogen) atoms. The van der Waals surface area contributed by atoms with Crippen LogP contribution in [0.2, 0.25) is 0 Å². The second-order valence-corrected chi connectivity index (χ2v) is 7.97. The molecule has 1 amide bonds. The molecule has 0 spiro atoms. The standard InChI is InChI=1S/C21H29NO5/c1-13-19-16(23)8-5-9-17(19)27-20(13)21(26)22-15(10-11-18(24)25)12-14-6-3-2-4-7-14/h14-15H,2-12H2,1H3,(H,22,26)(H,24,25). The maximum absolute atomic E-state index is 12.8. The van der Waals surface area contributed by atoms with Crippen molar-refractivity contribution in [3.8, 4) is 0 Å². The molecule has 6 nitrogen and oxygen atoms in total. The van der Waals surface area contributed by atoms with Crippen molar-refractivity contribution in [3.05, 3.63) is 22.6 Å². The van der Waals surface area contributed by atoms with Gasteiger partial charge in [0.2, 0.25) is 0 Å². The Morgan fingerprint density at radius 3 is 2.59 bits per heavy atom. The van der Waals surface area contributed by atoms with Crippen LogP contribution in [0.15, 0.2) is 4.42 Å². The van der Waals surface area contributed by atoms with Crippen LogP contribution in [0, 0.1) is 12.8 Å². The van der Waals surface area contributed by atoms with Crippen LogP contribution in [0.1, 0.15) is 96.4 Å². The highest BCUT2D eigenvalue weighted by Gasteiger charge is 2.30. The molecule has 1 aromatic heterocycles. The van der Waals surface area contributed by atoms with Crippen molar-refractivity contribution in [3.63, 3.8) is 0 Å². The summed E-state index contributed by atoms with van der Waals surface area (Å²) in [7, 11) is 0. The van der Waals surface area contributed by atoms with E-state index in [1.807, 2.05) is 0 Å². The third-order valence-electron chi connectivity index (χ3n) is 5.90. The number of furan rings is 1. The molecule has 1 saturated carbocycles. The lowest BCUT2D eigenvalue weighted by Gasteiger charge is -2.27. The van der Waals surface area contributed by atoms with E-state index in [1.54, 1.807) is 6.92 Å². The molecule has 148 valence electrons. The first-order valence-corrected chi connectivity index (χ1v) is 10.1. The first-order valence-electron chi connectivity index (χ1n) is 10.1. The number of amides is 1. The van der Waals surface area contributed by atoms with E-state index in [9.17, 15) is 14.4 Å². The number of hydrogen-bond donors (Lipinski definition) is 2. The zero-order chi connectivity index (χ0) is 19.4. The monoisotopic (exact) mass is 375 g/mol. The van der Waals surface area contributed by atoms with E-state index < -0.39 is 5.97 Å². The molecule has 0 aromatic carbocycles. The second kappa shape index (κ2) is 8.72. The van der Waals surface area contributed by atoms with Gasteiger partial charge in [0.1, 0.15) is 5.76 Å². The summed E-state index contributed by atoms with van der Waals surface area (Å²) in [5.41, 5.74) is 1.18. The molecule has 1 atom stereocenters. The van der Waals surface area contributed by atoms with Crippen LogP contribution in [-0.4, -0.2) is 28.8 Å². The molecule has 0 aliphatic heterocycles. The van der Waals surface area contributed by atoms with Gasteiger partial charge in [-0.3, -0.25) is 14.4 Å². The van der Waals surface area contributed by atoms with Crippen LogP contribution in [-0.2, 0) is 11.2 Å². The van der Waals surface area contributed by atoms with Gasteiger partial charge >= 0.3 is 5.97 Å². The molecule has 3 rings (SSSR count). The highest BCUT2D eigenvalue weighted by molar-refractivity contribution is 6.03. The summed E-state index contributed by atoms with van der Waals surface area (Å²) in [6, 6.07) is -0.186. The highest BCUT2D eigenvalue weighted by Crippen LogP contribution is 2.31. The van der Waals surface area contributed by atoms with Crippen LogP contribution in [0.5, 0.6) is 0 Å². The number of fused-ring (bicyclic) bond motifs is 1. The third kappa shape index (κ3) is 4.79. The van der Waals surface area contributed by atoms with Gasteiger partial charge in [-0.05, 0) is 32.1 Å². The van der Waals surface area contributed by atoms with E-state index in [1.165, 1.54) is 19.3 Å². The fourth-order valence-electron chi connectivity index (χ4n) is 4.49. The lowest BCUT2D eigenvalue weighted by molar-refractivity contribution is -0.137. The van der Waals surface area contributed by atoms with Gasteiger partial charge in [-0.1, -0.05) is 32.1 Å². The van der Waals surface area contributed by atoms with E-state index in [-0.39, 0.29) is 29.9 Å². The number of carbonyl (C=O) groups is 3. The van der Waals surface area contributed by atoms with E-state index in [0.29, 0.717) is 42.1 Å². The minimum Gasteiger partial charge on any atom is -0.481 e. The number of carbonyl (C=O) groups excluding carboxylic acids is 2. The van der Waals surface area contributed by atoms with Crippen LogP contribution < -0.4 is 5.32 Å². The number of rotatable bonds is 7. The Hall–Kier alpha value is -2.11. The number of Topliss-reactive ketones (excluding diaryl/α,β-unsaturated/α-hetero) is 1. The van der Waals surface area contributed by atoms with Crippen LogP contribution in [0.4, 0.5) is 0 Å². The molecule has 1 unspecified atom stereocenters. The SMILES string of the molecule is Cc1c(C(=O)NC(CCC(=O)O)CC2CCCCC2)oc2c1C(=O)CCC2. The Bertz CT molecular complexity index is 714. The van der Waals surface area contributed by atoms with E-state index >= 15 is 0 Å². The summed E-state index contributed by atoms with van der Waals surface area (Å²) in [6.07, 6.45) is 9.13. The quantitative estimate of drug-likeness (QED) is 0.750. The second-order valence-electron chi connectivity index (χ2n) is 7.97. The topological polar surface area (TPSA) is 96.6 Å². The molecule has 1 heterocycles. The molecule has 2 N–H and O–H groups in total. The van der Waals surface area contributed by atoms with Gasteiger partial charge in [-0.2, -0.15) is 0 Å². The Kier molecular flexibility index (Phi) is 6.34. The zero-order valence-electron chi connectivity index (χ0n) is 16.0. The zero-order valence-corrected chi connectivity index (χ0v) is 16.0. The minimum absolute atomic E-state index is 0.0315. The van der Waals surface area contributed by atoms with Crippen molar-refractivity contribution in [1.82, 2.24) is 5.32 Å². The number of carboxylic acids is 1. The third-order valence-corrected chi connectivity index (χ3v) is 5.90. The van der Waals surface area contributed by atoms with Crippen LogP contribution >= 0.6 is 0 Å². The lowest BCUT2D eigenvalue weighted by atomic mass is 9.84. The van der Waals surface area contributed by atoms with Crippen LogP contribution in [0.25, 0.3) is 0 Å². The van der Waals surface area contributed by atoms with Crippen molar-refractivity contribution in [2.45, 2.75) is 83.6 Å². The summed E-state index contributed by atoms with van der Waals surface area (Å²) >= 11 is 0. The first-order chi connectivity index (χ1) is 13.0. The Labute approximate surface area is 159 Å². The number of ketones is 1. The molecular formula is C21H29NO5. The van der Waals surface area contributed by atoms with E-state index in [4.69, 9.17) is 9.52 Å². The van der Waals surface area contributed by atoms with Crippen molar-refractivity contribution >= 4 is 17.7 Å². The maximum Gasteiger partial charge on any atom is 0.303 e. The Balaban J connectivity index is 1.71. The molecule has 0 radical (unpaired) electrons.